The monoisotopic (exact) mass is 283 g/mol. The molecule has 0 spiro atoms. The van der Waals surface area contributed by atoms with E-state index in [9.17, 15) is 9.59 Å². The highest BCUT2D eigenvalue weighted by molar-refractivity contribution is 5.75. The Morgan fingerprint density at radius 2 is 2.20 bits per heavy atom. The maximum Gasteiger partial charge on any atom is 0.318 e. The third-order valence-corrected chi connectivity index (χ3v) is 3.04. The van der Waals surface area contributed by atoms with E-state index < -0.39 is 5.97 Å². The van der Waals surface area contributed by atoms with Crippen LogP contribution in [-0.4, -0.2) is 49.4 Å². The van der Waals surface area contributed by atoms with Gasteiger partial charge < -0.3 is 19.9 Å². The van der Waals surface area contributed by atoms with E-state index in [2.05, 4.69) is 15.5 Å². The van der Waals surface area contributed by atoms with Crippen LogP contribution >= 0.6 is 0 Å². The molecule has 1 aromatic rings. The molecule has 0 radical (unpaired) electrons. The van der Waals surface area contributed by atoms with Gasteiger partial charge in [0.1, 0.15) is 6.33 Å². The molecule has 0 aliphatic carbocycles. The smallest absolute Gasteiger partial charge is 0.318 e. The predicted octanol–water partition coefficient (Wildman–Crippen LogP) is 0.693. The lowest BCUT2D eigenvalue weighted by Crippen LogP contribution is -2.45. The van der Waals surface area contributed by atoms with E-state index in [-0.39, 0.29) is 25.0 Å². The topological polar surface area (TPSA) is 100 Å². The zero-order valence-corrected chi connectivity index (χ0v) is 12.0. The van der Waals surface area contributed by atoms with Crippen LogP contribution in [0.3, 0.4) is 0 Å². The van der Waals surface area contributed by atoms with Gasteiger partial charge in [0.15, 0.2) is 5.82 Å². The zero-order chi connectivity index (χ0) is 15.1. The molecule has 0 saturated carbocycles. The van der Waals surface area contributed by atoms with Gasteiger partial charge >= 0.3 is 12.0 Å². The number of aromatic nitrogens is 3. The van der Waals surface area contributed by atoms with E-state index in [0.29, 0.717) is 12.4 Å². The maximum atomic E-state index is 12.1. The second-order valence-corrected chi connectivity index (χ2v) is 4.42. The number of hydrogen-bond acceptors (Lipinski definition) is 4. The van der Waals surface area contributed by atoms with Gasteiger partial charge in [-0.1, -0.05) is 0 Å². The highest BCUT2D eigenvalue weighted by atomic mass is 16.4. The Kier molecular flexibility index (Phi) is 5.95. The molecule has 2 N–H and O–H groups in total. The van der Waals surface area contributed by atoms with Gasteiger partial charge in [-0.15, -0.1) is 10.2 Å². The van der Waals surface area contributed by atoms with Crippen LogP contribution in [0.4, 0.5) is 4.79 Å². The second-order valence-electron chi connectivity index (χ2n) is 4.42. The third-order valence-electron chi connectivity index (χ3n) is 3.04. The molecule has 0 aromatic carbocycles. The van der Waals surface area contributed by atoms with Crippen molar-refractivity contribution < 1.29 is 14.7 Å². The SMILES string of the molecule is CCN(C(=O)NCc1nncn1CC)C(C)CC(=O)O. The molecule has 0 saturated heterocycles. The first-order valence-corrected chi connectivity index (χ1v) is 6.62. The fourth-order valence-electron chi connectivity index (χ4n) is 1.95. The largest absolute Gasteiger partial charge is 0.481 e. The van der Waals surface area contributed by atoms with Crippen molar-refractivity contribution in [2.75, 3.05) is 6.54 Å². The molecule has 1 unspecified atom stereocenters. The first-order chi connectivity index (χ1) is 9.49. The standard InChI is InChI=1S/C12H21N5O3/c1-4-16-8-14-15-10(16)7-13-12(20)17(5-2)9(3)6-11(18)19/h8-9H,4-7H2,1-3H3,(H,13,20)(H,18,19). The number of rotatable bonds is 7. The Bertz CT molecular complexity index is 460. The van der Waals surface area contributed by atoms with Crippen molar-refractivity contribution in [3.63, 3.8) is 0 Å². The van der Waals surface area contributed by atoms with Crippen LogP contribution in [0.1, 0.15) is 33.0 Å². The van der Waals surface area contributed by atoms with Crippen molar-refractivity contribution in [1.29, 1.82) is 0 Å². The highest BCUT2D eigenvalue weighted by Crippen LogP contribution is 2.05. The molecule has 20 heavy (non-hydrogen) atoms. The first-order valence-electron chi connectivity index (χ1n) is 6.62. The molecule has 0 fully saturated rings. The molecular weight excluding hydrogens is 262 g/mol. The van der Waals surface area contributed by atoms with Crippen LogP contribution in [0.5, 0.6) is 0 Å². The number of carboxylic acids is 1. The summed E-state index contributed by atoms with van der Waals surface area (Å²) in [5, 5.41) is 19.2. The van der Waals surface area contributed by atoms with Gasteiger partial charge in [-0.25, -0.2) is 4.79 Å². The number of amides is 2. The van der Waals surface area contributed by atoms with Crippen molar-refractivity contribution in [2.45, 2.75) is 46.3 Å². The summed E-state index contributed by atoms with van der Waals surface area (Å²) in [6.07, 6.45) is 1.53. The third kappa shape index (κ3) is 4.22. The van der Waals surface area contributed by atoms with Gasteiger partial charge in [0, 0.05) is 19.1 Å². The number of carboxylic acid groups (broad SMARTS) is 1. The van der Waals surface area contributed by atoms with E-state index in [1.165, 1.54) is 4.90 Å². The molecular formula is C12H21N5O3. The second kappa shape index (κ2) is 7.46. The van der Waals surface area contributed by atoms with Crippen molar-refractivity contribution >= 4 is 12.0 Å². The summed E-state index contributed by atoms with van der Waals surface area (Å²) in [7, 11) is 0. The normalized spacial score (nSPS) is 11.9. The molecule has 1 aromatic heterocycles. The average Bonchev–Trinajstić information content (AvgIpc) is 2.83. The lowest BCUT2D eigenvalue weighted by Gasteiger charge is -2.27. The molecule has 0 aliphatic rings. The summed E-state index contributed by atoms with van der Waals surface area (Å²) >= 11 is 0. The Morgan fingerprint density at radius 3 is 2.75 bits per heavy atom. The molecule has 1 rings (SSSR count). The van der Waals surface area contributed by atoms with E-state index in [0.717, 1.165) is 6.54 Å². The van der Waals surface area contributed by atoms with Crippen molar-refractivity contribution in [2.24, 2.45) is 0 Å². The molecule has 112 valence electrons. The summed E-state index contributed by atoms with van der Waals surface area (Å²) in [4.78, 5) is 24.2. The summed E-state index contributed by atoms with van der Waals surface area (Å²) in [5.74, 6) is -0.253. The number of carbonyl (C=O) groups is 2. The number of carbonyl (C=O) groups excluding carboxylic acids is 1. The number of hydrogen-bond donors (Lipinski definition) is 2. The van der Waals surface area contributed by atoms with Crippen LogP contribution in [-0.2, 0) is 17.9 Å². The van der Waals surface area contributed by atoms with Crippen molar-refractivity contribution in [3.05, 3.63) is 12.2 Å². The van der Waals surface area contributed by atoms with Crippen LogP contribution in [0.2, 0.25) is 0 Å². The minimum Gasteiger partial charge on any atom is -0.481 e. The summed E-state index contributed by atoms with van der Waals surface area (Å²) < 4.78 is 1.83. The van der Waals surface area contributed by atoms with Gasteiger partial charge in [-0.05, 0) is 20.8 Å². The molecule has 0 aliphatic heterocycles. The molecule has 0 bridgehead atoms. The summed E-state index contributed by atoms with van der Waals surface area (Å²) in [5.41, 5.74) is 0. The molecule has 1 heterocycles. The zero-order valence-electron chi connectivity index (χ0n) is 12.0. The average molecular weight is 283 g/mol. The van der Waals surface area contributed by atoms with Crippen LogP contribution in [0, 0.1) is 0 Å². The minimum absolute atomic E-state index is 0.0770. The van der Waals surface area contributed by atoms with E-state index in [1.807, 2.05) is 18.4 Å². The Balaban J connectivity index is 2.57. The Hall–Kier alpha value is -2.12. The van der Waals surface area contributed by atoms with E-state index >= 15 is 0 Å². The van der Waals surface area contributed by atoms with Crippen LogP contribution < -0.4 is 5.32 Å². The maximum absolute atomic E-state index is 12.1. The van der Waals surface area contributed by atoms with Crippen LogP contribution in [0.15, 0.2) is 6.33 Å². The molecule has 8 nitrogen and oxygen atoms in total. The molecule has 2 amide bonds. The predicted molar refractivity (Wildman–Crippen MR) is 72.0 cm³/mol. The highest BCUT2D eigenvalue weighted by Gasteiger charge is 2.20. The van der Waals surface area contributed by atoms with E-state index in [4.69, 9.17) is 5.11 Å². The van der Waals surface area contributed by atoms with Crippen molar-refractivity contribution in [3.8, 4) is 0 Å². The lowest BCUT2D eigenvalue weighted by molar-refractivity contribution is -0.138. The van der Waals surface area contributed by atoms with Gasteiger partial charge in [0.05, 0.1) is 13.0 Å². The van der Waals surface area contributed by atoms with Gasteiger partial charge in [0.2, 0.25) is 0 Å². The fraction of sp³-hybridized carbons (Fsp3) is 0.667. The summed E-state index contributed by atoms with van der Waals surface area (Å²) in [6, 6.07) is -0.659. The molecule has 8 heteroatoms. The van der Waals surface area contributed by atoms with Crippen LogP contribution in [0.25, 0.3) is 0 Å². The Morgan fingerprint density at radius 1 is 1.50 bits per heavy atom. The quantitative estimate of drug-likeness (QED) is 0.767. The van der Waals surface area contributed by atoms with Gasteiger partial charge in [-0.3, -0.25) is 4.79 Å². The Labute approximate surface area is 117 Å². The van der Waals surface area contributed by atoms with Crippen molar-refractivity contribution in [1.82, 2.24) is 25.0 Å². The first kappa shape index (κ1) is 15.9. The lowest BCUT2D eigenvalue weighted by atomic mass is 10.2. The number of nitrogens with one attached hydrogen (secondary N) is 1. The number of aryl methyl sites for hydroxylation is 1. The number of aliphatic carboxylic acids is 1. The van der Waals surface area contributed by atoms with E-state index in [1.54, 1.807) is 13.3 Å². The summed E-state index contributed by atoms with van der Waals surface area (Å²) in [6.45, 7) is 6.93. The van der Waals surface area contributed by atoms with Gasteiger partial charge in [0.25, 0.3) is 0 Å². The minimum atomic E-state index is -0.922. The number of urea groups is 1. The number of nitrogens with zero attached hydrogens (tertiary/aromatic N) is 4. The van der Waals surface area contributed by atoms with Gasteiger partial charge in [-0.2, -0.15) is 0 Å². The fourth-order valence-corrected chi connectivity index (χ4v) is 1.95. The molecule has 1 atom stereocenters.